The van der Waals surface area contributed by atoms with E-state index in [0.717, 1.165) is 31.7 Å². The van der Waals surface area contributed by atoms with E-state index in [9.17, 15) is 4.79 Å². The van der Waals surface area contributed by atoms with Gasteiger partial charge in [0.05, 0.1) is 0 Å². The van der Waals surface area contributed by atoms with Crippen LogP contribution in [0.25, 0.3) is 0 Å². The molecule has 1 aliphatic rings. The molecular formula is C14H21N3O2. The van der Waals surface area contributed by atoms with Crippen LogP contribution in [0.2, 0.25) is 0 Å². The quantitative estimate of drug-likeness (QED) is 0.730. The molecule has 0 radical (unpaired) electrons. The highest BCUT2D eigenvalue weighted by Crippen LogP contribution is 2.02. The minimum Gasteiger partial charge on any atom is -0.460 e. The molecule has 2 rings (SSSR count). The lowest BCUT2D eigenvalue weighted by Crippen LogP contribution is -2.50. The number of nitrogens with one attached hydrogen (secondary N) is 1. The summed E-state index contributed by atoms with van der Waals surface area (Å²) in [6.07, 6.45) is 0. The molecule has 1 aromatic carbocycles. The van der Waals surface area contributed by atoms with Crippen LogP contribution in [-0.4, -0.2) is 49.6 Å². The fraction of sp³-hybridized carbons (Fsp3) is 0.500. The minimum atomic E-state index is -0.568. The summed E-state index contributed by atoms with van der Waals surface area (Å²) < 4.78 is 5.23. The maximum Gasteiger partial charge on any atom is 0.324 e. The molecule has 0 amide bonds. The Labute approximate surface area is 113 Å². The molecule has 1 unspecified atom stereocenters. The lowest BCUT2D eigenvalue weighted by Gasteiger charge is -2.28. The average molecular weight is 263 g/mol. The molecule has 1 heterocycles. The Morgan fingerprint density at radius 3 is 2.68 bits per heavy atom. The molecular weight excluding hydrogens is 242 g/mol. The van der Waals surface area contributed by atoms with Crippen LogP contribution >= 0.6 is 0 Å². The lowest BCUT2D eigenvalue weighted by atomic mass is 10.2. The summed E-state index contributed by atoms with van der Waals surface area (Å²) in [5, 5.41) is 3.27. The summed E-state index contributed by atoms with van der Waals surface area (Å²) in [4.78, 5) is 14.0. The van der Waals surface area contributed by atoms with Gasteiger partial charge in [-0.25, -0.2) is 0 Å². The van der Waals surface area contributed by atoms with E-state index in [2.05, 4.69) is 10.2 Å². The molecule has 1 atom stereocenters. The zero-order valence-corrected chi connectivity index (χ0v) is 11.0. The molecule has 1 fully saturated rings. The highest BCUT2D eigenvalue weighted by Gasteiger charge is 2.20. The van der Waals surface area contributed by atoms with Gasteiger partial charge >= 0.3 is 5.97 Å². The number of nitrogens with zero attached hydrogens (tertiary/aromatic N) is 1. The number of carbonyl (C=O) groups excluding carboxylic acids is 1. The first-order chi connectivity index (χ1) is 9.25. The Balaban J connectivity index is 1.72. The SMILES string of the molecule is NC(CN1CCNCC1)C(=O)OCc1ccccc1. The molecule has 1 saturated heterocycles. The van der Waals surface area contributed by atoms with Crippen molar-refractivity contribution in [3.05, 3.63) is 35.9 Å². The monoisotopic (exact) mass is 263 g/mol. The summed E-state index contributed by atoms with van der Waals surface area (Å²) >= 11 is 0. The van der Waals surface area contributed by atoms with Gasteiger partial charge in [0.25, 0.3) is 0 Å². The van der Waals surface area contributed by atoms with Crippen LogP contribution in [0.4, 0.5) is 0 Å². The summed E-state index contributed by atoms with van der Waals surface area (Å²) in [6, 6.07) is 9.06. The number of carbonyl (C=O) groups is 1. The topological polar surface area (TPSA) is 67.6 Å². The van der Waals surface area contributed by atoms with E-state index in [1.165, 1.54) is 0 Å². The van der Waals surface area contributed by atoms with Crippen molar-refractivity contribution in [2.24, 2.45) is 5.73 Å². The smallest absolute Gasteiger partial charge is 0.324 e. The van der Waals surface area contributed by atoms with Gasteiger partial charge in [-0.2, -0.15) is 0 Å². The predicted molar refractivity (Wildman–Crippen MR) is 73.5 cm³/mol. The van der Waals surface area contributed by atoms with Crippen molar-refractivity contribution >= 4 is 5.97 Å². The Morgan fingerprint density at radius 2 is 2.00 bits per heavy atom. The molecule has 0 aromatic heterocycles. The first-order valence-electron chi connectivity index (χ1n) is 6.65. The molecule has 0 spiro atoms. The maximum absolute atomic E-state index is 11.8. The van der Waals surface area contributed by atoms with Gasteiger partial charge in [0.15, 0.2) is 0 Å². The standard InChI is InChI=1S/C14H21N3O2/c15-13(10-17-8-6-16-7-9-17)14(18)19-11-12-4-2-1-3-5-12/h1-5,13,16H,6-11,15H2. The highest BCUT2D eigenvalue weighted by atomic mass is 16.5. The van der Waals surface area contributed by atoms with Crippen molar-refractivity contribution in [1.82, 2.24) is 10.2 Å². The van der Waals surface area contributed by atoms with Gasteiger partial charge in [-0.05, 0) is 5.56 Å². The predicted octanol–water partition coefficient (Wildman–Crippen LogP) is -0.0377. The fourth-order valence-corrected chi connectivity index (χ4v) is 2.08. The number of benzene rings is 1. The number of piperazine rings is 1. The van der Waals surface area contributed by atoms with Gasteiger partial charge < -0.3 is 15.8 Å². The average Bonchev–Trinajstić information content (AvgIpc) is 2.47. The second-order valence-electron chi connectivity index (χ2n) is 4.75. The summed E-state index contributed by atoms with van der Waals surface area (Å²) in [5.41, 5.74) is 6.85. The summed E-state index contributed by atoms with van der Waals surface area (Å²) in [6.45, 7) is 4.61. The Morgan fingerprint density at radius 1 is 1.32 bits per heavy atom. The fourth-order valence-electron chi connectivity index (χ4n) is 2.08. The van der Waals surface area contributed by atoms with E-state index in [4.69, 9.17) is 10.5 Å². The van der Waals surface area contributed by atoms with Gasteiger partial charge in [0.2, 0.25) is 0 Å². The molecule has 0 aliphatic carbocycles. The van der Waals surface area contributed by atoms with Crippen molar-refractivity contribution in [1.29, 1.82) is 0 Å². The number of nitrogens with two attached hydrogens (primary N) is 1. The molecule has 104 valence electrons. The third kappa shape index (κ3) is 4.63. The number of hydrogen-bond acceptors (Lipinski definition) is 5. The van der Waals surface area contributed by atoms with Gasteiger partial charge in [0.1, 0.15) is 12.6 Å². The number of hydrogen-bond donors (Lipinski definition) is 2. The molecule has 5 heteroatoms. The second kappa shape index (κ2) is 7.23. The van der Waals surface area contributed by atoms with Crippen LogP contribution in [0.1, 0.15) is 5.56 Å². The van der Waals surface area contributed by atoms with Crippen molar-refractivity contribution in [2.45, 2.75) is 12.6 Å². The van der Waals surface area contributed by atoms with Gasteiger partial charge in [-0.15, -0.1) is 0 Å². The maximum atomic E-state index is 11.8. The molecule has 1 aliphatic heterocycles. The third-order valence-electron chi connectivity index (χ3n) is 3.19. The molecule has 5 nitrogen and oxygen atoms in total. The zero-order chi connectivity index (χ0) is 13.5. The second-order valence-corrected chi connectivity index (χ2v) is 4.75. The van der Waals surface area contributed by atoms with E-state index in [-0.39, 0.29) is 12.6 Å². The molecule has 1 aromatic rings. The van der Waals surface area contributed by atoms with E-state index < -0.39 is 6.04 Å². The van der Waals surface area contributed by atoms with E-state index >= 15 is 0 Å². The largest absolute Gasteiger partial charge is 0.460 e. The molecule has 0 saturated carbocycles. The first-order valence-corrected chi connectivity index (χ1v) is 6.65. The normalized spacial score (nSPS) is 17.9. The van der Waals surface area contributed by atoms with Crippen molar-refractivity contribution in [3.63, 3.8) is 0 Å². The zero-order valence-electron chi connectivity index (χ0n) is 11.0. The van der Waals surface area contributed by atoms with Crippen molar-refractivity contribution in [2.75, 3.05) is 32.7 Å². The number of rotatable bonds is 5. The van der Waals surface area contributed by atoms with Crippen LogP contribution < -0.4 is 11.1 Å². The van der Waals surface area contributed by atoms with Crippen LogP contribution in [0, 0.1) is 0 Å². The summed E-state index contributed by atoms with van der Waals surface area (Å²) in [5.74, 6) is -0.331. The Bertz CT molecular complexity index is 391. The highest BCUT2D eigenvalue weighted by molar-refractivity contribution is 5.75. The first kappa shape index (κ1) is 14.0. The van der Waals surface area contributed by atoms with E-state index in [1.54, 1.807) is 0 Å². The van der Waals surface area contributed by atoms with Gasteiger partial charge in [-0.1, -0.05) is 30.3 Å². The van der Waals surface area contributed by atoms with Crippen LogP contribution in [-0.2, 0) is 16.1 Å². The summed E-state index contributed by atoms with van der Waals surface area (Å²) in [7, 11) is 0. The van der Waals surface area contributed by atoms with Crippen molar-refractivity contribution < 1.29 is 9.53 Å². The molecule has 0 bridgehead atoms. The molecule has 3 N–H and O–H groups in total. The van der Waals surface area contributed by atoms with E-state index in [0.29, 0.717) is 6.54 Å². The van der Waals surface area contributed by atoms with Gasteiger partial charge in [-0.3, -0.25) is 9.69 Å². The van der Waals surface area contributed by atoms with Crippen molar-refractivity contribution in [3.8, 4) is 0 Å². The van der Waals surface area contributed by atoms with Crippen LogP contribution in [0.3, 0.4) is 0 Å². The van der Waals surface area contributed by atoms with Crippen LogP contribution in [0.5, 0.6) is 0 Å². The number of ether oxygens (including phenoxy) is 1. The van der Waals surface area contributed by atoms with Crippen LogP contribution in [0.15, 0.2) is 30.3 Å². The Kier molecular flexibility index (Phi) is 5.32. The minimum absolute atomic E-state index is 0.287. The van der Waals surface area contributed by atoms with Gasteiger partial charge in [0, 0.05) is 32.7 Å². The third-order valence-corrected chi connectivity index (χ3v) is 3.19. The number of esters is 1. The lowest BCUT2D eigenvalue weighted by molar-refractivity contribution is -0.147. The Hall–Kier alpha value is -1.43. The molecule has 19 heavy (non-hydrogen) atoms. The van der Waals surface area contributed by atoms with E-state index in [1.807, 2.05) is 30.3 Å².